The Kier molecular flexibility index (Phi) is 5.52. The number of nitrogens with zero attached hydrogens (tertiary/aromatic N) is 4. The van der Waals surface area contributed by atoms with Gasteiger partial charge in [0.2, 0.25) is 15.2 Å². The smallest absolute Gasteiger partial charge is 0.244 e. The summed E-state index contributed by atoms with van der Waals surface area (Å²) in [5, 5.41) is 10.6. The number of anilines is 1. The van der Waals surface area contributed by atoms with E-state index in [4.69, 9.17) is 23.2 Å². The zero-order chi connectivity index (χ0) is 19.1. The number of sulfonamides is 1. The first-order chi connectivity index (χ1) is 12.1. The third-order valence-corrected chi connectivity index (χ3v) is 8.38. The van der Waals surface area contributed by atoms with Gasteiger partial charge in [0.15, 0.2) is 0 Å². The molecular weight excluding hydrogens is 415 g/mol. The van der Waals surface area contributed by atoms with E-state index in [0.29, 0.717) is 26.2 Å². The van der Waals surface area contributed by atoms with Crippen molar-refractivity contribution in [1.29, 1.82) is 0 Å². The number of hydrogen-bond donors (Lipinski definition) is 0. The number of benzene rings is 1. The Balaban J connectivity index is 1.74. The minimum atomic E-state index is -3.68. The topological polar surface area (TPSA) is 66.4 Å². The molecule has 26 heavy (non-hydrogen) atoms. The molecule has 0 saturated carbocycles. The van der Waals surface area contributed by atoms with Crippen LogP contribution in [0.2, 0.25) is 10.0 Å². The lowest BCUT2D eigenvalue weighted by Gasteiger charge is -2.33. The monoisotopic (exact) mass is 434 g/mol. The van der Waals surface area contributed by atoms with Crippen LogP contribution in [0.3, 0.4) is 0 Å². The van der Waals surface area contributed by atoms with E-state index < -0.39 is 10.0 Å². The third-order valence-electron chi connectivity index (χ3n) is 4.10. The van der Waals surface area contributed by atoms with Crippen LogP contribution in [0.4, 0.5) is 5.13 Å². The maximum Gasteiger partial charge on any atom is 0.244 e. The zero-order valence-electron chi connectivity index (χ0n) is 14.7. The van der Waals surface area contributed by atoms with Crippen LogP contribution in [-0.2, 0) is 15.4 Å². The summed E-state index contributed by atoms with van der Waals surface area (Å²) < 4.78 is 27.2. The van der Waals surface area contributed by atoms with Crippen molar-refractivity contribution >= 4 is 49.7 Å². The van der Waals surface area contributed by atoms with Gasteiger partial charge in [-0.15, -0.1) is 10.2 Å². The van der Waals surface area contributed by atoms with E-state index in [0.717, 1.165) is 10.1 Å². The molecule has 0 radical (unpaired) electrons. The normalized spacial score (nSPS) is 16.9. The lowest BCUT2D eigenvalue weighted by Crippen LogP contribution is -2.48. The fourth-order valence-corrected chi connectivity index (χ4v) is 5.70. The van der Waals surface area contributed by atoms with E-state index in [2.05, 4.69) is 35.9 Å². The largest absolute Gasteiger partial charge is 0.344 e. The van der Waals surface area contributed by atoms with Crippen molar-refractivity contribution in [3.8, 4) is 0 Å². The Hall–Kier alpha value is -0.930. The van der Waals surface area contributed by atoms with E-state index in [9.17, 15) is 8.42 Å². The standard InChI is InChI=1S/C16H20Cl2N4O2S2/c1-16(2,3)14-19-20-15(25-14)21-7-9-22(10-8-21)26(23,24)12-6-4-5-11(17)13(12)18/h4-6H,7-10H2,1-3H3. The molecule has 10 heteroatoms. The predicted octanol–water partition coefficient (Wildman–Crippen LogP) is 3.65. The molecule has 1 fully saturated rings. The molecule has 0 aliphatic carbocycles. The van der Waals surface area contributed by atoms with Crippen molar-refractivity contribution in [2.24, 2.45) is 0 Å². The van der Waals surface area contributed by atoms with Gasteiger partial charge in [-0.1, -0.05) is 61.4 Å². The zero-order valence-corrected chi connectivity index (χ0v) is 17.9. The summed E-state index contributed by atoms with van der Waals surface area (Å²) in [5.41, 5.74) is -0.0512. The van der Waals surface area contributed by atoms with Gasteiger partial charge in [-0.3, -0.25) is 0 Å². The van der Waals surface area contributed by atoms with Gasteiger partial charge >= 0.3 is 0 Å². The Morgan fingerprint density at radius 3 is 2.31 bits per heavy atom. The minimum Gasteiger partial charge on any atom is -0.344 e. The molecule has 2 heterocycles. The summed E-state index contributed by atoms with van der Waals surface area (Å²) in [6.45, 7) is 8.10. The van der Waals surface area contributed by atoms with Crippen molar-refractivity contribution in [2.75, 3.05) is 31.1 Å². The second-order valence-corrected chi connectivity index (χ2v) is 10.7. The van der Waals surface area contributed by atoms with Gasteiger partial charge in [0.1, 0.15) is 9.90 Å². The van der Waals surface area contributed by atoms with Crippen LogP contribution in [0.15, 0.2) is 23.1 Å². The highest BCUT2D eigenvalue weighted by atomic mass is 35.5. The molecule has 3 rings (SSSR count). The summed E-state index contributed by atoms with van der Waals surface area (Å²) in [5.74, 6) is 0. The molecule has 0 unspecified atom stereocenters. The lowest BCUT2D eigenvalue weighted by molar-refractivity contribution is 0.384. The van der Waals surface area contributed by atoms with Crippen molar-refractivity contribution < 1.29 is 8.42 Å². The Labute approximate surface area is 167 Å². The summed E-state index contributed by atoms with van der Waals surface area (Å²) in [6.07, 6.45) is 0. The van der Waals surface area contributed by atoms with Crippen molar-refractivity contribution in [1.82, 2.24) is 14.5 Å². The Morgan fingerprint density at radius 1 is 1.08 bits per heavy atom. The molecule has 0 spiro atoms. The molecule has 1 aromatic carbocycles. The second kappa shape index (κ2) is 7.24. The summed E-state index contributed by atoms with van der Waals surface area (Å²) in [6, 6.07) is 4.64. The van der Waals surface area contributed by atoms with E-state index >= 15 is 0 Å². The van der Waals surface area contributed by atoms with Crippen molar-refractivity contribution in [2.45, 2.75) is 31.1 Å². The molecule has 6 nitrogen and oxygen atoms in total. The highest BCUT2D eigenvalue weighted by molar-refractivity contribution is 7.89. The number of rotatable bonds is 3. The average Bonchev–Trinajstić information content (AvgIpc) is 3.08. The summed E-state index contributed by atoms with van der Waals surface area (Å²) >= 11 is 13.6. The molecule has 0 atom stereocenters. The minimum absolute atomic E-state index is 0.0473. The van der Waals surface area contributed by atoms with E-state index in [-0.39, 0.29) is 20.4 Å². The molecule has 0 bridgehead atoms. The number of hydrogen-bond acceptors (Lipinski definition) is 6. The first-order valence-corrected chi connectivity index (χ1v) is 11.1. The van der Waals surface area contributed by atoms with Crippen LogP contribution in [-0.4, -0.2) is 49.1 Å². The molecule has 0 amide bonds. The van der Waals surface area contributed by atoms with Gasteiger partial charge in [-0.25, -0.2) is 8.42 Å². The SMILES string of the molecule is CC(C)(C)c1nnc(N2CCN(S(=O)(=O)c3cccc(Cl)c3Cl)CC2)s1. The van der Waals surface area contributed by atoms with Crippen molar-refractivity contribution in [3.63, 3.8) is 0 Å². The number of piperazine rings is 1. The van der Waals surface area contributed by atoms with E-state index in [1.807, 2.05) is 0 Å². The molecule has 0 N–H and O–H groups in total. The van der Waals surface area contributed by atoms with Gasteiger partial charge in [-0.2, -0.15) is 4.31 Å². The maximum atomic E-state index is 12.9. The van der Waals surface area contributed by atoms with Crippen LogP contribution < -0.4 is 4.90 Å². The van der Waals surface area contributed by atoms with Crippen LogP contribution in [0.25, 0.3) is 0 Å². The Morgan fingerprint density at radius 2 is 1.73 bits per heavy atom. The summed E-state index contributed by atoms with van der Waals surface area (Å²) in [4.78, 5) is 2.12. The number of aromatic nitrogens is 2. The summed E-state index contributed by atoms with van der Waals surface area (Å²) in [7, 11) is -3.68. The van der Waals surface area contributed by atoms with Crippen LogP contribution in [0, 0.1) is 0 Å². The quantitative estimate of drug-likeness (QED) is 0.736. The fourth-order valence-electron chi connectivity index (χ4n) is 2.59. The molecule has 1 aliphatic heterocycles. The first kappa shape index (κ1) is 19.8. The lowest BCUT2D eigenvalue weighted by atomic mass is 9.98. The highest BCUT2D eigenvalue weighted by Gasteiger charge is 2.32. The molecule has 142 valence electrons. The van der Waals surface area contributed by atoms with Crippen LogP contribution in [0.1, 0.15) is 25.8 Å². The van der Waals surface area contributed by atoms with Gasteiger partial charge in [0.05, 0.1) is 10.0 Å². The van der Waals surface area contributed by atoms with Crippen LogP contribution in [0.5, 0.6) is 0 Å². The molecule has 2 aromatic rings. The van der Waals surface area contributed by atoms with Gasteiger partial charge in [0, 0.05) is 31.6 Å². The van der Waals surface area contributed by atoms with Gasteiger partial charge < -0.3 is 4.90 Å². The van der Waals surface area contributed by atoms with E-state index in [1.54, 1.807) is 23.5 Å². The van der Waals surface area contributed by atoms with Gasteiger partial charge in [0.25, 0.3) is 0 Å². The molecule has 1 aromatic heterocycles. The highest BCUT2D eigenvalue weighted by Crippen LogP contribution is 2.33. The average molecular weight is 435 g/mol. The second-order valence-electron chi connectivity index (χ2n) is 7.08. The Bertz CT molecular complexity index is 901. The molecule has 1 aliphatic rings. The van der Waals surface area contributed by atoms with Gasteiger partial charge in [-0.05, 0) is 12.1 Å². The maximum absolute atomic E-state index is 12.9. The molecule has 1 saturated heterocycles. The van der Waals surface area contributed by atoms with Crippen LogP contribution >= 0.6 is 34.5 Å². The first-order valence-electron chi connectivity index (χ1n) is 8.14. The molecular formula is C16H20Cl2N4O2S2. The van der Waals surface area contributed by atoms with E-state index in [1.165, 1.54) is 10.4 Å². The fraction of sp³-hybridized carbons (Fsp3) is 0.500. The number of halogens is 2. The van der Waals surface area contributed by atoms with Crippen molar-refractivity contribution in [3.05, 3.63) is 33.3 Å². The third kappa shape index (κ3) is 3.84. The predicted molar refractivity (Wildman–Crippen MR) is 106 cm³/mol.